The van der Waals surface area contributed by atoms with Gasteiger partial charge in [0.15, 0.2) is 0 Å². The fourth-order valence-electron chi connectivity index (χ4n) is 2.18. The summed E-state index contributed by atoms with van der Waals surface area (Å²) < 4.78 is 5.51. The van der Waals surface area contributed by atoms with Gasteiger partial charge in [-0.2, -0.15) is 0 Å². The molecule has 1 aliphatic rings. The first-order valence-corrected chi connectivity index (χ1v) is 7.04. The Balaban J connectivity index is 0.00000200. The van der Waals surface area contributed by atoms with Gasteiger partial charge in [0.2, 0.25) is 5.91 Å². The van der Waals surface area contributed by atoms with Crippen LogP contribution in [0.1, 0.15) is 26.2 Å². The first kappa shape index (κ1) is 16.8. The highest BCUT2D eigenvalue weighted by Crippen LogP contribution is 2.18. The van der Waals surface area contributed by atoms with Crippen molar-refractivity contribution in [3.8, 4) is 5.75 Å². The van der Waals surface area contributed by atoms with Crippen molar-refractivity contribution in [2.24, 2.45) is 5.92 Å². The van der Waals surface area contributed by atoms with Gasteiger partial charge in [-0.3, -0.25) is 4.79 Å². The fraction of sp³-hybridized carbons (Fsp3) is 0.533. The van der Waals surface area contributed by atoms with Gasteiger partial charge in [-0.25, -0.2) is 0 Å². The molecule has 1 aliphatic heterocycles. The molecule has 20 heavy (non-hydrogen) atoms. The lowest BCUT2D eigenvalue weighted by Gasteiger charge is -2.21. The minimum Gasteiger partial charge on any atom is -0.494 e. The molecule has 0 atom stereocenters. The van der Waals surface area contributed by atoms with Crippen molar-refractivity contribution < 1.29 is 9.53 Å². The maximum atomic E-state index is 12.1. The van der Waals surface area contributed by atoms with Crippen LogP contribution in [0.25, 0.3) is 0 Å². The summed E-state index contributed by atoms with van der Waals surface area (Å²) in [4.78, 5) is 12.1. The maximum absolute atomic E-state index is 12.1. The third kappa shape index (κ3) is 5.02. The lowest BCUT2D eigenvalue weighted by atomic mass is 9.97. The van der Waals surface area contributed by atoms with E-state index < -0.39 is 0 Å². The third-order valence-corrected chi connectivity index (χ3v) is 3.30. The maximum Gasteiger partial charge on any atom is 0.227 e. The van der Waals surface area contributed by atoms with Crippen LogP contribution in [-0.4, -0.2) is 25.6 Å². The van der Waals surface area contributed by atoms with Crippen molar-refractivity contribution in [1.29, 1.82) is 0 Å². The largest absolute Gasteiger partial charge is 0.494 e. The van der Waals surface area contributed by atoms with E-state index in [-0.39, 0.29) is 24.2 Å². The molecule has 0 unspecified atom stereocenters. The summed E-state index contributed by atoms with van der Waals surface area (Å²) in [5, 5.41) is 6.24. The van der Waals surface area contributed by atoms with Crippen LogP contribution >= 0.6 is 12.4 Å². The normalized spacial score (nSPS) is 15.2. The number of benzene rings is 1. The van der Waals surface area contributed by atoms with Crippen LogP contribution < -0.4 is 15.4 Å². The van der Waals surface area contributed by atoms with E-state index in [1.165, 1.54) is 0 Å². The van der Waals surface area contributed by atoms with Crippen LogP contribution in [0.4, 0.5) is 5.69 Å². The standard InChI is InChI=1S/C15H22N2O2.ClH/c1-2-11-19-14-5-3-13(4-6-14)17-15(18)12-7-9-16-10-8-12;/h3-6,12,16H,2,7-11H2,1H3,(H,17,18);1H. The molecule has 0 spiro atoms. The smallest absolute Gasteiger partial charge is 0.227 e. The molecule has 1 amide bonds. The predicted molar refractivity (Wildman–Crippen MR) is 83.7 cm³/mol. The molecule has 5 heteroatoms. The van der Waals surface area contributed by atoms with Gasteiger partial charge < -0.3 is 15.4 Å². The fourth-order valence-corrected chi connectivity index (χ4v) is 2.18. The molecular formula is C15H23ClN2O2. The number of nitrogens with one attached hydrogen (secondary N) is 2. The zero-order chi connectivity index (χ0) is 13.5. The molecule has 1 aromatic carbocycles. The molecule has 1 fully saturated rings. The SMILES string of the molecule is CCCOc1ccc(NC(=O)C2CCNCC2)cc1.Cl. The molecule has 2 rings (SSSR count). The van der Waals surface area contributed by atoms with Crippen LogP contribution in [0.5, 0.6) is 5.75 Å². The Morgan fingerprint density at radius 2 is 1.95 bits per heavy atom. The van der Waals surface area contributed by atoms with E-state index in [0.717, 1.165) is 50.4 Å². The second-order valence-corrected chi connectivity index (χ2v) is 4.89. The number of rotatable bonds is 5. The molecule has 1 aromatic rings. The second kappa shape index (κ2) is 8.82. The number of ether oxygens (including phenoxy) is 1. The summed E-state index contributed by atoms with van der Waals surface area (Å²) >= 11 is 0. The van der Waals surface area contributed by atoms with Crippen LogP contribution in [0.15, 0.2) is 24.3 Å². The van der Waals surface area contributed by atoms with Crippen molar-refractivity contribution in [2.45, 2.75) is 26.2 Å². The number of carbonyl (C=O) groups is 1. The van der Waals surface area contributed by atoms with Crippen LogP contribution in [0.3, 0.4) is 0 Å². The molecule has 1 heterocycles. The number of hydrogen-bond donors (Lipinski definition) is 2. The monoisotopic (exact) mass is 298 g/mol. The molecule has 2 N–H and O–H groups in total. The summed E-state index contributed by atoms with van der Waals surface area (Å²) in [6.45, 7) is 4.66. The minimum atomic E-state index is 0. The summed E-state index contributed by atoms with van der Waals surface area (Å²) in [5.41, 5.74) is 0.840. The Morgan fingerprint density at radius 1 is 1.30 bits per heavy atom. The molecule has 0 bridgehead atoms. The van der Waals surface area contributed by atoms with Crippen molar-refractivity contribution in [3.63, 3.8) is 0 Å². The predicted octanol–water partition coefficient (Wildman–Crippen LogP) is 2.84. The van der Waals surface area contributed by atoms with Gasteiger partial charge in [0, 0.05) is 11.6 Å². The van der Waals surface area contributed by atoms with Gasteiger partial charge in [0.1, 0.15) is 5.75 Å². The second-order valence-electron chi connectivity index (χ2n) is 4.89. The highest BCUT2D eigenvalue weighted by atomic mass is 35.5. The average Bonchev–Trinajstić information content (AvgIpc) is 2.47. The quantitative estimate of drug-likeness (QED) is 0.879. The Bertz CT molecular complexity index is 403. The molecular weight excluding hydrogens is 276 g/mol. The average molecular weight is 299 g/mol. The Labute approximate surface area is 126 Å². The number of anilines is 1. The van der Waals surface area contributed by atoms with Crippen molar-refractivity contribution in [3.05, 3.63) is 24.3 Å². The van der Waals surface area contributed by atoms with Crippen molar-refractivity contribution in [1.82, 2.24) is 5.32 Å². The zero-order valence-corrected chi connectivity index (χ0v) is 12.7. The lowest BCUT2D eigenvalue weighted by Crippen LogP contribution is -2.34. The van der Waals surface area contributed by atoms with E-state index in [4.69, 9.17) is 4.74 Å². The van der Waals surface area contributed by atoms with Crippen molar-refractivity contribution >= 4 is 24.0 Å². The third-order valence-electron chi connectivity index (χ3n) is 3.30. The van der Waals surface area contributed by atoms with Gasteiger partial charge in [-0.05, 0) is 56.6 Å². The number of carbonyl (C=O) groups excluding carboxylic acids is 1. The van der Waals surface area contributed by atoms with Gasteiger partial charge >= 0.3 is 0 Å². The van der Waals surface area contributed by atoms with E-state index in [9.17, 15) is 4.79 Å². The van der Waals surface area contributed by atoms with Gasteiger partial charge in [-0.15, -0.1) is 12.4 Å². The van der Waals surface area contributed by atoms with E-state index in [1.54, 1.807) is 0 Å². The number of piperidine rings is 1. The number of halogens is 1. The molecule has 112 valence electrons. The Morgan fingerprint density at radius 3 is 2.55 bits per heavy atom. The molecule has 0 radical (unpaired) electrons. The summed E-state index contributed by atoms with van der Waals surface area (Å²) in [5.74, 6) is 1.11. The van der Waals surface area contributed by atoms with Gasteiger partial charge in [0.25, 0.3) is 0 Å². The topological polar surface area (TPSA) is 50.4 Å². The first-order chi connectivity index (χ1) is 9.29. The zero-order valence-electron chi connectivity index (χ0n) is 11.9. The highest BCUT2D eigenvalue weighted by Gasteiger charge is 2.20. The van der Waals surface area contributed by atoms with Gasteiger partial charge in [-0.1, -0.05) is 6.92 Å². The Hall–Kier alpha value is -1.26. The van der Waals surface area contributed by atoms with E-state index in [2.05, 4.69) is 17.6 Å². The summed E-state index contributed by atoms with van der Waals surface area (Å²) in [6.07, 6.45) is 2.83. The summed E-state index contributed by atoms with van der Waals surface area (Å²) in [7, 11) is 0. The van der Waals surface area contributed by atoms with Crippen LogP contribution in [0.2, 0.25) is 0 Å². The first-order valence-electron chi connectivity index (χ1n) is 7.04. The molecule has 0 aromatic heterocycles. The molecule has 0 aliphatic carbocycles. The number of amides is 1. The van der Waals surface area contributed by atoms with Crippen LogP contribution in [0, 0.1) is 5.92 Å². The van der Waals surface area contributed by atoms with Gasteiger partial charge in [0.05, 0.1) is 6.61 Å². The Kier molecular flexibility index (Phi) is 7.41. The molecule has 4 nitrogen and oxygen atoms in total. The van der Waals surface area contributed by atoms with E-state index in [0.29, 0.717) is 0 Å². The van der Waals surface area contributed by atoms with E-state index >= 15 is 0 Å². The summed E-state index contributed by atoms with van der Waals surface area (Å²) in [6, 6.07) is 7.58. The lowest BCUT2D eigenvalue weighted by molar-refractivity contribution is -0.120. The number of hydrogen-bond acceptors (Lipinski definition) is 3. The highest BCUT2D eigenvalue weighted by molar-refractivity contribution is 5.92. The van der Waals surface area contributed by atoms with E-state index in [1.807, 2.05) is 24.3 Å². The molecule has 0 saturated carbocycles. The molecule has 1 saturated heterocycles. The van der Waals surface area contributed by atoms with Crippen molar-refractivity contribution in [2.75, 3.05) is 25.0 Å². The minimum absolute atomic E-state index is 0. The van der Waals surface area contributed by atoms with Crippen LogP contribution in [-0.2, 0) is 4.79 Å².